The Balaban J connectivity index is 1.77. The fourth-order valence-electron chi connectivity index (χ4n) is 3.07. The molecule has 0 amide bonds. The van der Waals surface area contributed by atoms with Crippen LogP contribution in [0.15, 0.2) is 42.5 Å². The van der Waals surface area contributed by atoms with E-state index in [9.17, 15) is 0 Å². The Morgan fingerprint density at radius 1 is 0.944 bits per heavy atom. The third-order valence-corrected chi connectivity index (χ3v) is 4.00. The van der Waals surface area contributed by atoms with Gasteiger partial charge in [-0.25, -0.2) is 0 Å². The molecule has 0 atom stereocenters. The van der Waals surface area contributed by atoms with Crippen molar-refractivity contribution in [3.05, 3.63) is 53.6 Å². The summed E-state index contributed by atoms with van der Waals surface area (Å²) in [5.74, 6) is 0. The zero-order valence-electron chi connectivity index (χ0n) is 10.3. The van der Waals surface area contributed by atoms with Crippen molar-refractivity contribution in [2.24, 2.45) is 0 Å². The number of nitrogens with zero attached hydrogens (tertiary/aromatic N) is 1. The number of hydrogen-bond donors (Lipinski definition) is 1. The zero-order valence-corrected chi connectivity index (χ0v) is 10.3. The van der Waals surface area contributed by atoms with Crippen LogP contribution in [0, 0.1) is 0 Å². The molecule has 18 heavy (non-hydrogen) atoms. The largest absolute Gasteiger partial charge is 0.384 e. The molecule has 4 rings (SSSR count). The number of anilines is 3. The summed E-state index contributed by atoms with van der Waals surface area (Å²) in [5.41, 5.74) is 6.95. The van der Waals surface area contributed by atoms with Gasteiger partial charge in [-0.05, 0) is 48.2 Å². The van der Waals surface area contributed by atoms with Crippen LogP contribution in [0.5, 0.6) is 0 Å². The number of rotatable bonds is 1. The molecule has 90 valence electrons. The van der Waals surface area contributed by atoms with Crippen LogP contribution >= 0.6 is 0 Å². The van der Waals surface area contributed by atoms with Crippen molar-refractivity contribution in [1.82, 2.24) is 0 Å². The lowest BCUT2D eigenvalue weighted by Gasteiger charge is -2.20. The Morgan fingerprint density at radius 3 is 2.89 bits per heavy atom. The number of fused-ring (bicyclic) bond motifs is 2. The first kappa shape index (κ1) is 10.0. The van der Waals surface area contributed by atoms with Gasteiger partial charge in [0, 0.05) is 30.2 Å². The second-order valence-electron chi connectivity index (χ2n) is 5.05. The van der Waals surface area contributed by atoms with E-state index < -0.39 is 0 Å². The molecule has 2 heteroatoms. The fraction of sp³-hybridized carbons (Fsp3) is 0.250. The zero-order chi connectivity index (χ0) is 11.9. The monoisotopic (exact) mass is 236 g/mol. The van der Waals surface area contributed by atoms with Crippen molar-refractivity contribution in [2.45, 2.75) is 12.8 Å². The minimum atomic E-state index is 1.08. The maximum absolute atomic E-state index is 3.42. The second-order valence-corrected chi connectivity index (χ2v) is 5.05. The Labute approximate surface area is 107 Å². The normalized spacial score (nSPS) is 16.3. The van der Waals surface area contributed by atoms with E-state index in [0.29, 0.717) is 0 Å². The van der Waals surface area contributed by atoms with Gasteiger partial charge in [-0.2, -0.15) is 0 Å². The molecule has 0 aliphatic carbocycles. The lowest BCUT2D eigenvalue weighted by Crippen LogP contribution is -2.13. The molecule has 2 aliphatic rings. The molecule has 0 unspecified atom stereocenters. The molecule has 0 radical (unpaired) electrons. The highest BCUT2D eigenvalue weighted by Gasteiger charge is 2.21. The van der Waals surface area contributed by atoms with Gasteiger partial charge in [-0.3, -0.25) is 0 Å². The van der Waals surface area contributed by atoms with E-state index in [4.69, 9.17) is 0 Å². The van der Waals surface area contributed by atoms with Gasteiger partial charge >= 0.3 is 0 Å². The minimum absolute atomic E-state index is 1.08. The van der Waals surface area contributed by atoms with Gasteiger partial charge in [0.1, 0.15) is 0 Å². The first-order valence-electron chi connectivity index (χ1n) is 6.64. The lowest BCUT2D eigenvalue weighted by molar-refractivity contribution is 0.996. The highest BCUT2D eigenvalue weighted by Crippen LogP contribution is 2.36. The number of para-hydroxylation sites is 1. The summed E-state index contributed by atoms with van der Waals surface area (Å²) in [5, 5.41) is 3.42. The first-order valence-corrected chi connectivity index (χ1v) is 6.64. The molecule has 2 aromatic rings. The molecule has 0 spiro atoms. The average molecular weight is 236 g/mol. The summed E-state index contributed by atoms with van der Waals surface area (Å²) in [6.07, 6.45) is 2.31. The van der Waals surface area contributed by atoms with Crippen molar-refractivity contribution in [3.8, 4) is 0 Å². The van der Waals surface area contributed by atoms with Crippen LogP contribution in [0.2, 0.25) is 0 Å². The van der Waals surface area contributed by atoms with E-state index in [2.05, 4.69) is 52.7 Å². The third kappa shape index (κ3) is 1.42. The summed E-state index contributed by atoms with van der Waals surface area (Å²) in [6.45, 7) is 2.18. The molecule has 2 nitrogen and oxygen atoms in total. The van der Waals surface area contributed by atoms with E-state index >= 15 is 0 Å². The van der Waals surface area contributed by atoms with Crippen LogP contribution in [0.4, 0.5) is 17.1 Å². The van der Waals surface area contributed by atoms with Crippen molar-refractivity contribution in [2.75, 3.05) is 23.3 Å². The number of nitrogens with one attached hydrogen (secondary N) is 1. The van der Waals surface area contributed by atoms with Crippen LogP contribution in [0.3, 0.4) is 0 Å². The minimum Gasteiger partial charge on any atom is -0.384 e. The second kappa shape index (κ2) is 3.77. The number of hydrogen-bond acceptors (Lipinski definition) is 2. The van der Waals surface area contributed by atoms with E-state index in [0.717, 1.165) is 25.9 Å². The standard InChI is InChI=1S/C16H16N2/c1-2-4-16-12(3-1)8-10-18(16)14-5-6-15-13(11-14)7-9-17-15/h1-6,11,17H,7-10H2. The molecule has 2 heterocycles. The molecule has 0 fully saturated rings. The smallest absolute Gasteiger partial charge is 0.0444 e. The molecule has 0 saturated carbocycles. The van der Waals surface area contributed by atoms with E-state index in [-0.39, 0.29) is 0 Å². The predicted octanol–water partition coefficient (Wildman–Crippen LogP) is 3.35. The first-order chi connectivity index (χ1) is 8.92. The van der Waals surface area contributed by atoms with E-state index in [1.54, 1.807) is 0 Å². The molecule has 0 aromatic heterocycles. The predicted molar refractivity (Wildman–Crippen MR) is 75.8 cm³/mol. The molecule has 2 aromatic carbocycles. The van der Waals surface area contributed by atoms with Gasteiger partial charge < -0.3 is 10.2 Å². The summed E-state index contributed by atoms with van der Waals surface area (Å²) in [7, 11) is 0. The van der Waals surface area contributed by atoms with Crippen LogP contribution in [0.25, 0.3) is 0 Å². The maximum Gasteiger partial charge on any atom is 0.0444 e. The summed E-state index contributed by atoms with van der Waals surface area (Å²) in [4.78, 5) is 2.44. The molecule has 2 aliphatic heterocycles. The van der Waals surface area contributed by atoms with Crippen molar-refractivity contribution in [1.29, 1.82) is 0 Å². The van der Waals surface area contributed by atoms with Crippen molar-refractivity contribution < 1.29 is 0 Å². The van der Waals surface area contributed by atoms with Gasteiger partial charge in [0.05, 0.1) is 0 Å². The SMILES string of the molecule is c1ccc2c(c1)CCN2c1ccc2c(c1)CCN2. The highest BCUT2D eigenvalue weighted by atomic mass is 15.2. The van der Waals surface area contributed by atoms with Crippen molar-refractivity contribution >= 4 is 17.1 Å². The Kier molecular flexibility index (Phi) is 2.10. The molecular weight excluding hydrogens is 220 g/mol. The fourth-order valence-corrected chi connectivity index (χ4v) is 3.07. The molecule has 0 saturated heterocycles. The Hall–Kier alpha value is -1.96. The van der Waals surface area contributed by atoms with E-state index in [1.807, 2.05) is 0 Å². The Bertz CT molecular complexity index is 604. The molecule has 0 bridgehead atoms. The maximum atomic E-state index is 3.42. The van der Waals surface area contributed by atoms with Gasteiger partial charge in [0.25, 0.3) is 0 Å². The van der Waals surface area contributed by atoms with Gasteiger partial charge in [-0.15, -0.1) is 0 Å². The molecule has 1 N–H and O–H groups in total. The summed E-state index contributed by atoms with van der Waals surface area (Å²) in [6, 6.07) is 15.5. The van der Waals surface area contributed by atoms with E-state index in [1.165, 1.54) is 28.2 Å². The van der Waals surface area contributed by atoms with Gasteiger partial charge in [0.2, 0.25) is 0 Å². The topological polar surface area (TPSA) is 15.3 Å². The highest BCUT2D eigenvalue weighted by molar-refractivity contribution is 5.73. The summed E-state index contributed by atoms with van der Waals surface area (Å²) >= 11 is 0. The van der Waals surface area contributed by atoms with Gasteiger partial charge in [-0.1, -0.05) is 18.2 Å². The Morgan fingerprint density at radius 2 is 1.89 bits per heavy atom. The van der Waals surface area contributed by atoms with Crippen LogP contribution < -0.4 is 10.2 Å². The quantitative estimate of drug-likeness (QED) is 0.817. The number of benzene rings is 2. The van der Waals surface area contributed by atoms with Gasteiger partial charge in [0.15, 0.2) is 0 Å². The average Bonchev–Trinajstić information content (AvgIpc) is 3.04. The summed E-state index contributed by atoms with van der Waals surface area (Å²) < 4.78 is 0. The van der Waals surface area contributed by atoms with Crippen LogP contribution in [-0.2, 0) is 12.8 Å². The van der Waals surface area contributed by atoms with Crippen molar-refractivity contribution in [3.63, 3.8) is 0 Å². The van der Waals surface area contributed by atoms with Crippen LogP contribution in [-0.4, -0.2) is 13.1 Å². The lowest BCUT2D eigenvalue weighted by atomic mass is 10.1. The third-order valence-electron chi connectivity index (χ3n) is 4.00. The van der Waals surface area contributed by atoms with Crippen LogP contribution in [0.1, 0.15) is 11.1 Å². The molecular formula is C16H16N2.